The van der Waals surface area contributed by atoms with Gasteiger partial charge in [0.25, 0.3) is 5.69 Å². The van der Waals surface area contributed by atoms with E-state index in [0.29, 0.717) is 11.3 Å². The molecule has 2 N–H and O–H groups in total. The number of nitro benzene ring substituents is 1. The maximum atomic E-state index is 12.0. The Morgan fingerprint density at radius 1 is 1.16 bits per heavy atom. The summed E-state index contributed by atoms with van der Waals surface area (Å²) in [5.41, 5.74) is 0.931. The van der Waals surface area contributed by atoms with E-state index in [9.17, 15) is 23.3 Å². The largest absolute Gasteiger partial charge is 0.326 e. The number of nitrogens with one attached hydrogen (secondary N) is 2. The molecular formula is C16H17N3O5S. The van der Waals surface area contributed by atoms with Gasteiger partial charge in [0, 0.05) is 30.8 Å². The average Bonchev–Trinajstić information content (AvgIpc) is 2.57. The predicted molar refractivity (Wildman–Crippen MR) is 92.7 cm³/mol. The number of aryl methyl sites for hydroxylation is 1. The third kappa shape index (κ3) is 5.10. The van der Waals surface area contributed by atoms with Crippen molar-refractivity contribution in [3.05, 3.63) is 64.2 Å². The van der Waals surface area contributed by atoms with E-state index in [-0.39, 0.29) is 23.5 Å². The van der Waals surface area contributed by atoms with Crippen LogP contribution in [-0.2, 0) is 14.8 Å². The van der Waals surface area contributed by atoms with Crippen LogP contribution in [0.5, 0.6) is 0 Å². The van der Waals surface area contributed by atoms with Gasteiger partial charge in [0.1, 0.15) is 0 Å². The minimum Gasteiger partial charge on any atom is -0.326 e. The third-order valence-electron chi connectivity index (χ3n) is 3.39. The first-order chi connectivity index (χ1) is 11.8. The quantitative estimate of drug-likeness (QED) is 0.577. The number of non-ortho nitro benzene ring substituents is 1. The van der Waals surface area contributed by atoms with Crippen LogP contribution in [0.15, 0.2) is 53.4 Å². The SMILES string of the molecule is Cc1cc([N+](=O)[O-])ccc1NC(=O)CCNS(=O)(=O)c1ccccc1. The Balaban J connectivity index is 1.90. The van der Waals surface area contributed by atoms with Crippen LogP contribution in [0.4, 0.5) is 11.4 Å². The molecule has 0 radical (unpaired) electrons. The van der Waals surface area contributed by atoms with E-state index < -0.39 is 20.9 Å². The van der Waals surface area contributed by atoms with Gasteiger partial charge in [-0.25, -0.2) is 13.1 Å². The van der Waals surface area contributed by atoms with Crippen LogP contribution in [0.1, 0.15) is 12.0 Å². The Morgan fingerprint density at radius 2 is 1.84 bits per heavy atom. The molecule has 25 heavy (non-hydrogen) atoms. The van der Waals surface area contributed by atoms with E-state index in [0.717, 1.165) is 0 Å². The number of benzene rings is 2. The minimum absolute atomic E-state index is 0.0604. The molecule has 2 rings (SSSR count). The van der Waals surface area contributed by atoms with E-state index in [1.165, 1.54) is 30.3 Å². The second kappa shape index (κ2) is 7.86. The van der Waals surface area contributed by atoms with Gasteiger partial charge >= 0.3 is 0 Å². The van der Waals surface area contributed by atoms with Gasteiger partial charge in [-0.2, -0.15) is 0 Å². The van der Waals surface area contributed by atoms with Gasteiger partial charge < -0.3 is 5.32 Å². The van der Waals surface area contributed by atoms with E-state index in [4.69, 9.17) is 0 Å². The second-order valence-corrected chi connectivity index (χ2v) is 7.03. The van der Waals surface area contributed by atoms with Crippen molar-refractivity contribution in [1.29, 1.82) is 0 Å². The summed E-state index contributed by atoms with van der Waals surface area (Å²) in [6, 6.07) is 11.9. The Kier molecular flexibility index (Phi) is 5.84. The topological polar surface area (TPSA) is 118 Å². The molecule has 132 valence electrons. The van der Waals surface area contributed by atoms with Gasteiger partial charge in [-0.15, -0.1) is 0 Å². The molecule has 0 heterocycles. The first-order valence-corrected chi connectivity index (χ1v) is 8.87. The summed E-state index contributed by atoms with van der Waals surface area (Å²) < 4.78 is 26.4. The number of sulfonamides is 1. The van der Waals surface area contributed by atoms with Crippen LogP contribution in [0, 0.1) is 17.0 Å². The summed E-state index contributed by atoms with van der Waals surface area (Å²) in [5.74, 6) is -0.396. The lowest BCUT2D eigenvalue weighted by molar-refractivity contribution is -0.384. The normalized spacial score (nSPS) is 11.1. The smallest absolute Gasteiger partial charge is 0.269 e. The zero-order chi connectivity index (χ0) is 18.4. The molecule has 0 saturated heterocycles. The summed E-state index contributed by atoms with van der Waals surface area (Å²) in [7, 11) is -3.66. The highest BCUT2D eigenvalue weighted by Gasteiger charge is 2.14. The summed E-state index contributed by atoms with van der Waals surface area (Å²) in [4.78, 5) is 22.2. The van der Waals surface area contributed by atoms with Crippen molar-refractivity contribution in [3.8, 4) is 0 Å². The Bertz CT molecular complexity index is 882. The van der Waals surface area contributed by atoms with E-state index in [2.05, 4.69) is 10.0 Å². The maximum Gasteiger partial charge on any atom is 0.269 e. The van der Waals surface area contributed by atoms with Crippen molar-refractivity contribution < 1.29 is 18.1 Å². The summed E-state index contributed by atoms with van der Waals surface area (Å²) in [5, 5.41) is 13.3. The first kappa shape index (κ1) is 18.6. The number of amides is 1. The number of hydrogen-bond donors (Lipinski definition) is 2. The van der Waals surface area contributed by atoms with E-state index in [1.54, 1.807) is 25.1 Å². The highest BCUT2D eigenvalue weighted by atomic mass is 32.2. The lowest BCUT2D eigenvalue weighted by Gasteiger charge is -2.09. The maximum absolute atomic E-state index is 12.0. The van der Waals surface area contributed by atoms with Crippen LogP contribution < -0.4 is 10.0 Å². The molecule has 0 atom stereocenters. The van der Waals surface area contributed by atoms with Crippen molar-refractivity contribution in [2.45, 2.75) is 18.2 Å². The molecule has 0 aliphatic heterocycles. The number of nitrogens with zero attached hydrogens (tertiary/aromatic N) is 1. The van der Waals surface area contributed by atoms with Crippen LogP contribution in [0.2, 0.25) is 0 Å². The van der Waals surface area contributed by atoms with Crippen LogP contribution in [0.25, 0.3) is 0 Å². The molecule has 9 heteroatoms. The molecule has 0 aliphatic carbocycles. The highest BCUT2D eigenvalue weighted by Crippen LogP contribution is 2.21. The standard InChI is InChI=1S/C16H17N3O5S/c1-12-11-13(19(21)22)7-8-15(12)18-16(20)9-10-17-25(23,24)14-5-3-2-4-6-14/h2-8,11,17H,9-10H2,1H3,(H,18,20). The Hall–Kier alpha value is -2.78. The zero-order valence-corrected chi connectivity index (χ0v) is 14.2. The fourth-order valence-electron chi connectivity index (χ4n) is 2.10. The average molecular weight is 363 g/mol. The zero-order valence-electron chi connectivity index (χ0n) is 13.4. The van der Waals surface area contributed by atoms with Crippen molar-refractivity contribution >= 4 is 27.3 Å². The molecule has 0 unspecified atom stereocenters. The minimum atomic E-state index is -3.66. The van der Waals surface area contributed by atoms with Crippen molar-refractivity contribution in [2.24, 2.45) is 0 Å². The molecule has 8 nitrogen and oxygen atoms in total. The first-order valence-electron chi connectivity index (χ1n) is 7.39. The fourth-order valence-corrected chi connectivity index (χ4v) is 3.15. The molecule has 0 saturated carbocycles. The van der Waals surface area contributed by atoms with Crippen molar-refractivity contribution in [3.63, 3.8) is 0 Å². The van der Waals surface area contributed by atoms with Crippen molar-refractivity contribution in [2.75, 3.05) is 11.9 Å². The van der Waals surface area contributed by atoms with E-state index in [1.807, 2.05) is 0 Å². The number of carbonyl (C=O) groups excluding carboxylic acids is 1. The van der Waals surface area contributed by atoms with Crippen LogP contribution in [0.3, 0.4) is 0 Å². The monoisotopic (exact) mass is 363 g/mol. The third-order valence-corrected chi connectivity index (χ3v) is 4.87. The Morgan fingerprint density at radius 3 is 2.44 bits per heavy atom. The lowest BCUT2D eigenvalue weighted by Crippen LogP contribution is -2.27. The molecule has 0 aliphatic rings. The predicted octanol–water partition coefficient (Wildman–Crippen LogP) is 2.21. The molecule has 2 aromatic carbocycles. The summed E-state index contributed by atoms with van der Waals surface area (Å²) in [6.07, 6.45) is -0.0670. The highest BCUT2D eigenvalue weighted by molar-refractivity contribution is 7.89. The number of anilines is 1. The molecule has 0 spiro atoms. The van der Waals surface area contributed by atoms with Crippen LogP contribution >= 0.6 is 0 Å². The molecular weight excluding hydrogens is 346 g/mol. The lowest BCUT2D eigenvalue weighted by atomic mass is 10.1. The molecule has 0 fully saturated rings. The molecule has 0 aromatic heterocycles. The van der Waals surface area contributed by atoms with Gasteiger partial charge in [-0.1, -0.05) is 18.2 Å². The van der Waals surface area contributed by atoms with Gasteiger partial charge in [0.2, 0.25) is 15.9 Å². The van der Waals surface area contributed by atoms with E-state index >= 15 is 0 Å². The number of nitro groups is 1. The van der Waals surface area contributed by atoms with Gasteiger partial charge in [-0.3, -0.25) is 14.9 Å². The molecule has 1 amide bonds. The number of carbonyl (C=O) groups is 1. The summed E-state index contributed by atoms with van der Waals surface area (Å²) in [6.45, 7) is 1.58. The van der Waals surface area contributed by atoms with Crippen LogP contribution in [-0.4, -0.2) is 25.8 Å². The summed E-state index contributed by atoms with van der Waals surface area (Å²) >= 11 is 0. The molecule has 0 bridgehead atoms. The molecule has 2 aromatic rings. The number of rotatable bonds is 7. The second-order valence-electron chi connectivity index (χ2n) is 5.27. The van der Waals surface area contributed by atoms with Gasteiger partial charge in [-0.05, 0) is 30.7 Å². The fraction of sp³-hybridized carbons (Fsp3) is 0.188. The van der Waals surface area contributed by atoms with Crippen molar-refractivity contribution in [1.82, 2.24) is 4.72 Å². The Labute approximate surface area is 145 Å². The van der Waals surface area contributed by atoms with Gasteiger partial charge in [0.15, 0.2) is 0 Å². The van der Waals surface area contributed by atoms with Gasteiger partial charge in [0.05, 0.1) is 9.82 Å². The number of hydrogen-bond acceptors (Lipinski definition) is 5.